The number of rotatable bonds is 6. The highest BCUT2D eigenvalue weighted by molar-refractivity contribution is 9.10. The van der Waals surface area contributed by atoms with Crippen LogP contribution in [0.15, 0.2) is 65.4 Å². The number of nitrogens with zero attached hydrogens (tertiary/aromatic N) is 3. The second kappa shape index (κ2) is 8.00. The van der Waals surface area contributed by atoms with E-state index in [9.17, 15) is 14.4 Å². The number of nitrogens with one attached hydrogen (secondary N) is 1. The van der Waals surface area contributed by atoms with Gasteiger partial charge in [-0.15, -0.1) is 0 Å². The molecule has 8 heteroatoms. The Bertz CT molecular complexity index is 1070. The van der Waals surface area contributed by atoms with E-state index >= 15 is 0 Å². The largest absolute Gasteiger partial charge is 0.324 e. The lowest BCUT2D eigenvalue weighted by Crippen LogP contribution is -2.31. The van der Waals surface area contributed by atoms with Crippen LogP contribution < -0.4 is 5.32 Å². The summed E-state index contributed by atoms with van der Waals surface area (Å²) in [4.78, 5) is 38.4. The number of fused-ring (bicyclic) bond motifs is 1. The number of imide groups is 1. The Morgan fingerprint density at radius 3 is 2.31 bits per heavy atom. The minimum Gasteiger partial charge on any atom is -0.324 e. The maximum Gasteiger partial charge on any atom is 0.261 e. The van der Waals surface area contributed by atoms with E-state index in [-0.39, 0.29) is 30.7 Å². The van der Waals surface area contributed by atoms with E-state index in [1.54, 1.807) is 47.4 Å². The molecule has 146 valence electrons. The van der Waals surface area contributed by atoms with Crippen LogP contribution >= 0.6 is 15.9 Å². The molecule has 3 amide bonds. The first-order valence-corrected chi connectivity index (χ1v) is 9.88. The van der Waals surface area contributed by atoms with Gasteiger partial charge in [0.2, 0.25) is 5.91 Å². The maximum absolute atomic E-state index is 12.4. The van der Waals surface area contributed by atoms with E-state index in [1.807, 2.05) is 18.2 Å². The topological polar surface area (TPSA) is 84.3 Å². The highest BCUT2D eigenvalue weighted by Gasteiger charge is 2.34. The fourth-order valence-corrected chi connectivity index (χ4v) is 3.55. The van der Waals surface area contributed by atoms with Gasteiger partial charge in [-0.2, -0.15) is 5.10 Å². The van der Waals surface area contributed by atoms with Gasteiger partial charge in [-0.1, -0.05) is 24.3 Å². The van der Waals surface area contributed by atoms with Crippen molar-refractivity contribution >= 4 is 39.3 Å². The molecule has 3 aromatic rings. The third-order valence-corrected chi connectivity index (χ3v) is 5.05. The third kappa shape index (κ3) is 3.84. The Morgan fingerprint density at radius 1 is 1.00 bits per heavy atom. The molecule has 0 saturated carbocycles. The van der Waals surface area contributed by atoms with Gasteiger partial charge in [0.05, 0.1) is 33.2 Å². The summed E-state index contributed by atoms with van der Waals surface area (Å²) < 4.78 is 2.50. The van der Waals surface area contributed by atoms with Crippen LogP contribution in [0.25, 0.3) is 5.69 Å². The first-order chi connectivity index (χ1) is 14.0. The first-order valence-electron chi connectivity index (χ1n) is 9.09. The molecule has 0 bridgehead atoms. The van der Waals surface area contributed by atoms with Crippen LogP contribution in [-0.4, -0.2) is 38.9 Å². The fourth-order valence-electron chi connectivity index (χ4n) is 3.26. The lowest BCUT2D eigenvalue weighted by atomic mass is 10.1. The van der Waals surface area contributed by atoms with Gasteiger partial charge in [-0.25, -0.2) is 4.68 Å². The standard InChI is InChI=1S/C21H17BrN4O3/c22-14-12-23-26(13-14)18-9-4-3-8-17(18)24-19(27)10-5-11-25-20(28)15-6-1-2-7-16(15)21(25)29/h1-4,6-9,12-13H,5,10-11H2,(H,24,27). The molecule has 29 heavy (non-hydrogen) atoms. The average molecular weight is 453 g/mol. The summed E-state index contributed by atoms with van der Waals surface area (Å²) in [6.45, 7) is 0.202. The Labute approximate surface area is 175 Å². The molecular weight excluding hydrogens is 436 g/mol. The quantitative estimate of drug-likeness (QED) is 0.578. The number of anilines is 1. The Kier molecular flexibility index (Phi) is 5.26. The van der Waals surface area contributed by atoms with Crippen molar-refractivity contribution in [3.8, 4) is 5.69 Å². The van der Waals surface area contributed by atoms with Crippen molar-refractivity contribution in [3.05, 3.63) is 76.5 Å². The van der Waals surface area contributed by atoms with Gasteiger partial charge in [-0.3, -0.25) is 19.3 Å². The monoisotopic (exact) mass is 452 g/mol. The first kappa shape index (κ1) is 19.1. The molecule has 1 aliphatic heterocycles. The molecule has 1 aromatic heterocycles. The van der Waals surface area contributed by atoms with E-state index in [2.05, 4.69) is 26.3 Å². The van der Waals surface area contributed by atoms with Crippen molar-refractivity contribution < 1.29 is 14.4 Å². The van der Waals surface area contributed by atoms with Crippen molar-refractivity contribution in [3.63, 3.8) is 0 Å². The van der Waals surface area contributed by atoms with Gasteiger partial charge >= 0.3 is 0 Å². The zero-order valence-corrected chi connectivity index (χ0v) is 16.9. The highest BCUT2D eigenvalue weighted by Crippen LogP contribution is 2.23. The Hall–Kier alpha value is -3.26. The number of para-hydroxylation sites is 2. The van der Waals surface area contributed by atoms with Gasteiger partial charge in [0, 0.05) is 19.2 Å². The average Bonchev–Trinajstić information content (AvgIpc) is 3.26. The fraction of sp³-hybridized carbons (Fsp3) is 0.143. The molecule has 0 unspecified atom stereocenters. The summed E-state index contributed by atoms with van der Waals surface area (Å²) >= 11 is 3.36. The summed E-state index contributed by atoms with van der Waals surface area (Å²) in [6, 6.07) is 14.1. The van der Waals surface area contributed by atoms with E-state index < -0.39 is 0 Å². The molecule has 2 heterocycles. The molecule has 7 nitrogen and oxygen atoms in total. The van der Waals surface area contributed by atoms with Crippen LogP contribution in [0.1, 0.15) is 33.6 Å². The molecule has 0 saturated heterocycles. The zero-order valence-electron chi connectivity index (χ0n) is 15.3. The van der Waals surface area contributed by atoms with Crippen LogP contribution in [0.5, 0.6) is 0 Å². The molecule has 2 aromatic carbocycles. The number of hydrogen-bond donors (Lipinski definition) is 1. The third-order valence-electron chi connectivity index (χ3n) is 4.64. The zero-order chi connectivity index (χ0) is 20.4. The van der Waals surface area contributed by atoms with Crippen LogP contribution in [0.4, 0.5) is 5.69 Å². The number of hydrogen-bond acceptors (Lipinski definition) is 4. The molecule has 0 fully saturated rings. The van der Waals surface area contributed by atoms with Crippen LogP contribution in [-0.2, 0) is 4.79 Å². The predicted octanol–water partition coefficient (Wildman–Crippen LogP) is 3.65. The summed E-state index contributed by atoms with van der Waals surface area (Å²) in [5.41, 5.74) is 2.21. The van der Waals surface area contributed by atoms with Crippen molar-refractivity contribution in [2.24, 2.45) is 0 Å². The van der Waals surface area contributed by atoms with Gasteiger partial charge in [0.1, 0.15) is 0 Å². The van der Waals surface area contributed by atoms with Crippen molar-refractivity contribution in [2.45, 2.75) is 12.8 Å². The number of benzene rings is 2. The smallest absolute Gasteiger partial charge is 0.261 e. The van der Waals surface area contributed by atoms with Gasteiger partial charge in [0.25, 0.3) is 11.8 Å². The van der Waals surface area contributed by atoms with E-state index in [1.165, 1.54) is 4.90 Å². The number of amides is 3. The second-order valence-electron chi connectivity index (χ2n) is 6.58. The molecule has 1 aliphatic rings. The van der Waals surface area contributed by atoms with E-state index in [0.29, 0.717) is 23.2 Å². The number of halogens is 1. The van der Waals surface area contributed by atoms with Gasteiger partial charge in [-0.05, 0) is 46.6 Å². The normalized spacial score (nSPS) is 12.9. The predicted molar refractivity (Wildman–Crippen MR) is 111 cm³/mol. The van der Waals surface area contributed by atoms with Crippen LogP contribution in [0, 0.1) is 0 Å². The molecule has 1 N–H and O–H groups in total. The molecule has 0 radical (unpaired) electrons. The molecule has 0 aliphatic carbocycles. The Morgan fingerprint density at radius 2 is 1.66 bits per heavy atom. The Balaban J connectivity index is 1.36. The highest BCUT2D eigenvalue weighted by atomic mass is 79.9. The number of carbonyl (C=O) groups is 3. The van der Waals surface area contributed by atoms with Crippen LogP contribution in [0.2, 0.25) is 0 Å². The van der Waals surface area contributed by atoms with Gasteiger partial charge < -0.3 is 5.32 Å². The van der Waals surface area contributed by atoms with Crippen molar-refractivity contribution in [1.82, 2.24) is 14.7 Å². The summed E-state index contributed by atoms with van der Waals surface area (Å²) in [5.74, 6) is -0.804. The summed E-state index contributed by atoms with van der Waals surface area (Å²) in [5, 5.41) is 7.12. The molecule has 0 spiro atoms. The van der Waals surface area contributed by atoms with Crippen molar-refractivity contribution in [2.75, 3.05) is 11.9 Å². The molecule has 4 rings (SSSR count). The van der Waals surface area contributed by atoms with Gasteiger partial charge in [0.15, 0.2) is 0 Å². The second-order valence-corrected chi connectivity index (χ2v) is 7.50. The van der Waals surface area contributed by atoms with Crippen LogP contribution in [0.3, 0.4) is 0 Å². The molecular formula is C21H17BrN4O3. The SMILES string of the molecule is O=C(CCCN1C(=O)c2ccccc2C1=O)Nc1ccccc1-n1cc(Br)cn1. The minimum atomic E-state index is -0.305. The number of aromatic nitrogens is 2. The minimum absolute atomic E-state index is 0.185. The molecule has 0 atom stereocenters. The maximum atomic E-state index is 12.4. The summed E-state index contributed by atoms with van der Waals surface area (Å²) in [7, 11) is 0. The lowest BCUT2D eigenvalue weighted by Gasteiger charge is -2.14. The lowest BCUT2D eigenvalue weighted by molar-refractivity contribution is -0.116. The van der Waals surface area contributed by atoms with E-state index in [4.69, 9.17) is 0 Å². The summed E-state index contributed by atoms with van der Waals surface area (Å²) in [6.07, 6.45) is 4.03. The number of carbonyl (C=O) groups excluding carboxylic acids is 3. The van der Waals surface area contributed by atoms with E-state index in [0.717, 1.165) is 10.2 Å². The van der Waals surface area contributed by atoms with Crippen molar-refractivity contribution in [1.29, 1.82) is 0 Å².